The second kappa shape index (κ2) is 8.47. The molecule has 2 aliphatic heterocycles. The maximum absolute atomic E-state index is 12.7. The van der Waals surface area contributed by atoms with E-state index in [1.807, 2.05) is 4.90 Å². The Kier molecular flexibility index (Phi) is 6.29. The van der Waals surface area contributed by atoms with Gasteiger partial charge in [-0.15, -0.1) is 0 Å². The summed E-state index contributed by atoms with van der Waals surface area (Å²) in [5, 5.41) is 0. The second-order valence-corrected chi connectivity index (χ2v) is 8.70. The Morgan fingerprint density at radius 2 is 1.62 bits per heavy atom. The van der Waals surface area contributed by atoms with Crippen molar-refractivity contribution in [2.24, 2.45) is 0 Å². The molecule has 2 saturated heterocycles. The van der Waals surface area contributed by atoms with E-state index in [2.05, 4.69) is 4.90 Å². The van der Waals surface area contributed by atoms with Crippen LogP contribution >= 0.6 is 0 Å². The fourth-order valence-electron chi connectivity index (χ4n) is 3.42. The number of hydrogen-bond donors (Lipinski definition) is 0. The minimum absolute atomic E-state index is 0.0403. The van der Waals surface area contributed by atoms with Gasteiger partial charge in [0, 0.05) is 58.5 Å². The molecule has 1 aromatic rings. The number of piperazine rings is 1. The van der Waals surface area contributed by atoms with E-state index in [-0.39, 0.29) is 10.8 Å². The standard InChI is InChI=1S/C18H27N3O4S/c1-25-15-14-19-10-12-20(13-11-19)18(22)16-4-6-17(7-5-16)26(23,24)21-8-2-3-9-21/h4-7H,2-3,8-15H2,1H3. The van der Waals surface area contributed by atoms with Crippen LogP contribution in [0.15, 0.2) is 29.2 Å². The van der Waals surface area contributed by atoms with Gasteiger partial charge in [-0.3, -0.25) is 9.69 Å². The zero-order valence-electron chi connectivity index (χ0n) is 15.3. The van der Waals surface area contributed by atoms with Gasteiger partial charge in [0.2, 0.25) is 10.0 Å². The minimum atomic E-state index is -3.43. The number of sulfonamides is 1. The Morgan fingerprint density at radius 1 is 1.00 bits per heavy atom. The lowest BCUT2D eigenvalue weighted by atomic mass is 10.2. The van der Waals surface area contributed by atoms with Crippen molar-refractivity contribution in [3.05, 3.63) is 29.8 Å². The summed E-state index contributed by atoms with van der Waals surface area (Å²) in [6.07, 6.45) is 1.82. The van der Waals surface area contributed by atoms with Crippen molar-refractivity contribution in [3.8, 4) is 0 Å². The molecule has 2 heterocycles. The van der Waals surface area contributed by atoms with Crippen LogP contribution in [0.1, 0.15) is 23.2 Å². The number of ether oxygens (including phenoxy) is 1. The van der Waals surface area contributed by atoms with Gasteiger partial charge in [-0.25, -0.2) is 8.42 Å². The average molecular weight is 381 g/mol. The topological polar surface area (TPSA) is 70.2 Å². The van der Waals surface area contributed by atoms with E-state index in [4.69, 9.17) is 4.74 Å². The van der Waals surface area contributed by atoms with Crippen LogP contribution in [0.3, 0.4) is 0 Å². The van der Waals surface area contributed by atoms with E-state index in [9.17, 15) is 13.2 Å². The Bertz CT molecular complexity index is 706. The van der Waals surface area contributed by atoms with Crippen molar-refractivity contribution < 1.29 is 17.9 Å². The monoisotopic (exact) mass is 381 g/mol. The highest BCUT2D eigenvalue weighted by Gasteiger charge is 2.28. The van der Waals surface area contributed by atoms with Gasteiger partial charge in [0.05, 0.1) is 11.5 Å². The summed E-state index contributed by atoms with van der Waals surface area (Å²) in [5.74, 6) is -0.0403. The number of amides is 1. The third kappa shape index (κ3) is 4.25. The molecule has 26 heavy (non-hydrogen) atoms. The van der Waals surface area contributed by atoms with E-state index in [1.54, 1.807) is 31.4 Å². The van der Waals surface area contributed by atoms with Crippen molar-refractivity contribution in [1.29, 1.82) is 0 Å². The van der Waals surface area contributed by atoms with Crippen molar-refractivity contribution in [3.63, 3.8) is 0 Å². The highest BCUT2D eigenvalue weighted by atomic mass is 32.2. The van der Waals surface area contributed by atoms with E-state index in [0.717, 1.165) is 32.5 Å². The molecular weight excluding hydrogens is 354 g/mol. The lowest BCUT2D eigenvalue weighted by Gasteiger charge is -2.34. The highest BCUT2D eigenvalue weighted by molar-refractivity contribution is 7.89. The number of hydrogen-bond acceptors (Lipinski definition) is 5. The molecule has 144 valence electrons. The molecule has 0 aliphatic carbocycles. The quantitative estimate of drug-likeness (QED) is 0.732. The minimum Gasteiger partial charge on any atom is -0.383 e. The molecule has 8 heteroatoms. The van der Waals surface area contributed by atoms with Gasteiger partial charge in [0.25, 0.3) is 5.91 Å². The van der Waals surface area contributed by atoms with E-state index in [0.29, 0.717) is 38.3 Å². The fourth-order valence-corrected chi connectivity index (χ4v) is 4.94. The summed E-state index contributed by atoms with van der Waals surface area (Å²) < 4.78 is 31.7. The van der Waals surface area contributed by atoms with Crippen LogP contribution in [0.4, 0.5) is 0 Å². The van der Waals surface area contributed by atoms with Crippen LogP contribution in [0, 0.1) is 0 Å². The first-order chi connectivity index (χ1) is 12.5. The molecule has 0 atom stereocenters. The molecule has 1 aromatic carbocycles. The van der Waals surface area contributed by atoms with Crippen LogP contribution in [0.2, 0.25) is 0 Å². The fraction of sp³-hybridized carbons (Fsp3) is 0.611. The zero-order valence-corrected chi connectivity index (χ0v) is 16.1. The number of rotatable bonds is 6. The molecule has 7 nitrogen and oxygen atoms in total. The average Bonchev–Trinajstić information content (AvgIpc) is 3.22. The summed E-state index contributed by atoms with van der Waals surface area (Å²) in [5.41, 5.74) is 0.538. The largest absolute Gasteiger partial charge is 0.383 e. The molecule has 0 bridgehead atoms. The van der Waals surface area contributed by atoms with Crippen LogP contribution in [0.25, 0.3) is 0 Å². The number of methoxy groups -OCH3 is 1. The summed E-state index contributed by atoms with van der Waals surface area (Å²) in [7, 11) is -1.74. The first kappa shape index (κ1) is 19.3. The third-order valence-corrected chi connectivity index (χ3v) is 6.99. The van der Waals surface area contributed by atoms with Gasteiger partial charge < -0.3 is 9.64 Å². The summed E-state index contributed by atoms with van der Waals surface area (Å²) >= 11 is 0. The molecule has 0 saturated carbocycles. The Morgan fingerprint density at radius 3 is 2.19 bits per heavy atom. The molecular formula is C18H27N3O4S. The van der Waals surface area contributed by atoms with Gasteiger partial charge in [0.15, 0.2) is 0 Å². The summed E-state index contributed by atoms with van der Waals surface area (Å²) in [6, 6.07) is 6.36. The molecule has 0 aromatic heterocycles. The van der Waals surface area contributed by atoms with Crippen molar-refractivity contribution in [1.82, 2.24) is 14.1 Å². The van der Waals surface area contributed by atoms with Gasteiger partial charge in [-0.2, -0.15) is 4.31 Å². The Labute approximate surface area is 155 Å². The maximum Gasteiger partial charge on any atom is 0.253 e. The lowest BCUT2D eigenvalue weighted by Crippen LogP contribution is -2.49. The molecule has 0 N–H and O–H groups in total. The smallest absolute Gasteiger partial charge is 0.253 e. The molecule has 2 aliphatic rings. The number of carbonyl (C=O) groups is 1. The summed E-state index contributed by atoms with van der Waals surface area (Å²) in [4.78, 5) is 17.0. The number of nitrogens with zero attached hydrogens (tertiary/aromatic N) is 3. The predicted octanol–water partition coefficient (Wildman–Crippen LogP) is 0.875. The Balaban J connectivity index is 1.61. The SMILES string of the molecule is COCCN1CCN(C(=O)c2ccc(S(=O)(=O)N3CCCC3)cc2)CC1. The van der Waals surface area contributed by atoms with Crippen molar-refractivity contribution in [2.75, 3.05) is 59.5 Å². The number of carbonyl (C=O) groups excluding carboxylic acids is 1. The van der Waals surface area contributed by atoms with Gasteiger partial charge in [0.1, 0.15) is 0 Å². The van der Waals surface area contributed by atoms with E-state index >= 15 is 0 Å². The van der Waals surface area contributed by atoms with Crippen LogP contribution in [-0.4, -0.2) is 88.0 Å². The van der Waals surface area contributed by atoms with Gasteiger partial charge in [-0.1, -0.05) is 0 Å². The Hall–Kier alpha value is -1.48. The first-order valence-corrected chi connectivity index (χ1v) is 10.6. The van der Waals surface area contributed by atoms with Gasteiger partial charge in [-0.05, 0) is 37.1 Å². The van der Waals surface area contributed by atoms with Gasteiger partial charge >= 0.3 is 0 Å². The van der Waals surface area contributed by atoms with Crippen LogP contribution in [-0.2, 0) is 14.8 Å². The first-order valence-electron chi connectivity index (χ1n) is 9.13. The second-order valence-electron chi connectivity index (χ2n) is 6.76. The molecule has 1 amide bonds. The molecule has 0 spiro atoms. The van der Waals surface area contributed by atoms with Crippen molar-refractivity contribution in [2.45, 2.75) is 17.7 Å². The lowest BCUT2D eigenvalue weighted by molar-refractivity contribution is 0.0594. The molecule has 2 fully saturated rings. The van der Waals surface area contributed by atoms with Crippen molar-refractivity contribution >= 4 is 15.9 Å². The molecule has 0 radical (unpaired) electrons. The van der Waals surface area contributed by atoms with E-state index in [1.165, 1.54) is 4.31 Å². The zero-order chi connectivity index (χ0) is 18.6. The highest BCUT2D eigenvalue weighted by Crippen LogP contribution is 2.21. The van der Waals surface area contributed by atoms with Crippen LogP contribution < -0.4 is 0 Å². The third-order valence-electron chi connectivity index (χ3n) is 5.08. The summed E-state index contributed by atoms with van der Waals surface area (Å²) in [6.45, 7) is 5.75. The maximum atomic E-state index is 12.7. The predicted molar refractivity (Wildman–Crippen MR) is 98.7 cm³/mol. The molecule has 0 unspecified atom stereocenters. The van der Waals surface area contributed by atoms with E-state index < -0.39 is 10.0 Å². The normalized spacial score (nSPS) is 19.8. The van der Waals surface area contributed by atoms with Crippen LogP contribution in [0.5, 0.6) is 0 Å². The number of benzene rings is 1. The molecule has 3 rings (SSSR count).